The molecule has 0 aliphatic heterocycles. The van der Waals surface area contributed by atoms with Crippen molar-refractivity contribution < 1.29 is 18.8 Å². The van der Waals surface area contributed by atoms with Crippen LogP contribution in [0.25, 0.3) is 0 Å². The fraction of sp³-hybridized carbons (Fsp3) is 0.632. The topological polar surface area (TPSA) is 114 Å². The highest BCUT2D eigenvalue weighted by Crippen LogP contribution is 2.25. The van der Waals surface area contributed by atoms with Crippen molar-refractivity contribution in [3.8, 4) is 0 Å². The van der Waals surface area contributed by atoms with Crippen LogP contribution in [0.15, 0.2) is 16.5 Å². The minimum absolute atomic E-state index is 0.0172. The van der Waals surface area contributed by atoms with E-state index in [0.717, 1.165) is 30.8 Å². The molecule has 0 spiro atoms. The molecule has 0 saturated heterocycles. The molecule has 1 aromatic rings. The number of nitrogens with one attached hydrogen (secondary N) is 2. The van der Waals surface area contributed by atoms with Crippen LogP contribution in [0.4, 0.5) is 0 Å². The number of rotatable bonds is 8. The van der Waals surface area contributed by atoms with Crippen molar-refractivity contribution in [3.63, 3.8) is 0 Å². The molecule has 2 atom stereocenters. The molecule has 3 amide bonds. The average Bonchev–Trinajstić information content (AvgIpc) is 3.19. The summed E-state index contributed by atoms with van der Waals surface area (Å²) in [6, 6.07) is 3.92. The molecule has 7 heteroatoms. The first-order valence-corrected chi connectivity index (χ1v) is 9.11. The second-order valence-corrected chi connectivity index (χ2v) is 7.66. The van der Waals surface area contributed by atoms with Gasteiger partial charge in [-0.05, 0) is 58.1 Å². The van der Waals surface area contributed by atoms with Gasteiger partial charge in [0.1, 0.15) is 16.9 Å². The number of hydrogen-bond donors (Lipinski definition) is 3. The standard InChI is InChI=1S/C19H29N3O4/c1-12-4-7-15(26-12)8-9-16(23)22-14-6-5-13(10-14)11-21-18(25)19(2,3)17(20)24/h4,7,13-14H,5-6,8-11H2,1-3H3,(H2,20,24)(H,21,25)(H,22,23)/t13-,14+/m0/s1. The molecular weight excluding hydrogens is 334 g/mol. The zero-order valence-electron chi connectivity index (χ0n) is 15.8. The van der Waals surface area contributed by atoms with E-state index in [4.69, 9.17) is 10.2 Å². The summed E-state index contributed by atoms with van der Waals surface area (Å²) in [5.41, 5.74) is 4.04. The fourth-order valence-electron chi connectivity index (χ4n) is 3.12. The number of nitrogens with two attached hydrogens (primary N) is 1. The summed E-state index contributed by atoms with van der Waals surface area (Å²) in [5.74, 6) is 0.983. The molecule has 144 valence electrons. The molecule has 4 N–H and O–H groups in total. The van der Waals surface area contributed by atoms with Gasteiger partial charge >= 0.3 is 0 Å². The minimum Gasteiger partial charge on any atom is -0.466 e. The summed E-state index contributed by atoms with van der Waals surface area (Å²) in [6.45, 7) is 5.41. The molecule has 26 heavy (non-hydrogen) atoms. The zero-order valence-corrected chi connectivity index (χ0v) is 15.8. The highest BCUT2D eigenvalue weighted by atomic mass is 16.3. The van der Waals surface area contributed by atoms with Gasteiger partial charge in [-0.25, -0.2) is 0 Å². The number of amides is 3. The number of aryl methyl sites for hydroxylation is 2. The van der Waals surface area contributed by atoms with Gasteiger partial charge in [-0.15, -0.1) is 0 Å². The molecule has 0 unspecified atom stereocenters. The molecule has 1 fully saturated rings. The smallest absolute Gasteiger partial charge is 0.235 e. The van der Waals surface area contributed by atoms with Gasteiger partial charge in [0.25, 0.3) is 0 Å². The molecule has 1 heterocycles. The lowest BCUT2D eigenvalue weighted by atomic mass is 9.91. The van der Waals surface area contributed by atoms with Gasteiger partial charge in [-0.2, -0.15) is 0 Å². The molecule has 0 radical (unpaired) electrons. The molecule has 7 nitrogen and oxygen atoms in total. The van der Waals surface area contributed by atoms with Crippen molar-refractivity contribution >= 4 is 17.7 Å². The van der Waals surface area contributed by atoms with Crippen LogP contribution in [-0.2, 0) is 20.8 Å². The van der Waals surface area contributed by atoms with Crippen LogP contribution in [0.1, 0.15) is 51.1 Å². The number of hydrogen-bond acceptors (Lipinski definition) is 4. The third-order valence-corrected chi connectivity index (χ3v) is 5.04. The van der Waals surface area contributed by atoms with Gasteiger partial charge in [0.2, 0.25) is 17.7 Å². The Morgan fingerprint density at radius 2 is 2.00 bits per heavy atom. The molecule has 1 saturated carbocycles. The Bertz CT molecular complexity index is 665. The van der Waals surface area contributed by atoms with Crippen molar-refractivity contribution in [1.29, 1.82) is 0 Å². The summed E-state index contributed by atoms with van der Waals surface area (Å²) in [7, 11) is 0. The van der Waals surface area contributed by atoms with E-state index in [-0.39, 0.29) is 17.9 Å². The monoisotopic (exact) mass is 363 g/mol. The van der Waals surface area contributed by atoms with Crippen LogP contribution >= 0.6 is 0 Å². The Labute approximate surface area is 154 Å². The Morgan fingerprint density at radius 1 is 1.27 bits per heavy atom. The fourth-order valence-corrected chi connectivity index (χ4v) is 3.12. The van der Waals surface area contributed by atoms with Crippen LogP contribution in [0.2, 0.25) is 0 Å². The molecule has 0 aromatic carbocycles. The van der Waals surface area contributed by atoms with Crippen molar-refractivity contribution in [3.05, 3.63) is 23.7 Å². The predicted octanol–water partition coefficient (Wildman–Crippen LogP) is 1.43. The van der Waals surface area contributed by atoms with E-state index >= 15 is 0 Å². The lowest BCUT2D eigenvalue weighted by Crippen LogP contribution is -2.46. The normalized spacial score (nSPS) is 20.0. The molecule has 0 bridgehead atoms. The van der Waals surface area contributed by atoms with E-state index in [1.165, 1.54) is 13.8 Å². The van der Waals surface area contributed by atoms with Crippen LogP contribution in [0, 0.1) is 18.3 Å². The summed E-state index contributed by atoms with van der Waals surface area (Å²) in [4.78, 5) is 35.4. The van der Waals surface area contributed by atoms with Crippen LogP contribution in [0.3, 0.4) is 0 Å². The van der Waals surface area contributed by atoms with Gasteiger partial charge in [0.15, 0.2) is 0 Å². The number of primary amides is 1. The molecule has 1 aromatic heterocycles. The highest BCUT2D eigenvalue weighted by molar-refractivity contribution is 6.03. The lowest BCUT2D eigenvalue weighted by Gasteiger charge is -2.21. The van der Waals surface area contributed by atoms with Gasteiger partial charge < -0.3 is 20.8 Å². The van der Waals surface area contributed by atoms with E-state index < -0.39 is 11.3 Å². The highest BCUT2D eigenvalue weighted by Gasteiger charge is 2.35. The SMILES string of the molecule is Cc1ccc(CCC(=O)N[C@@H]2CC[C@H](CNC(=O)C(C)(C)C(N)=O)C2)o1. The third kappa shape index (κ3) is 5.34. The summed E-state index contributed by atoms with van der Waals surface area (Å²) < 4.78 is 5.47. The van der Waals surface area contributed by atoms with Crippen molar-refractivity contribution in [2.45, 2.75) is 58.9 Å². The van der Waals surface area contributed by atoms with Crippen molar-refractivity contribution in [1.82, 2.24) is 10.6 Å². The van der Waals surface area contributed by atoms with E-state index in [9.17, 15) is 14.4 Å². The Balaban J connectivity index is 1.68. The number of carbonyl (C=O) groups excluding carboxylic acids is 3. The minimum atomic E-state index is -1.21. The first-order valence-electron chi connectivity index (χ1n) is 9.11. The Hall–Kier alpha value is -2.31. The molecular formula is C19H29N3O4. The van der Waals surface area contributed by atoms with E-state index in [0.29, 0.717) is 25.3 Å². The second kappa shape index (κ2) is 8.38. The maximum absolute atomic E-state index is 12.1. The third-order valence-electron chi connectivity index (χ3n) is 5.04. The first-order chi connectivity index (χ1) is 12.2. The van der Waals surface area contributed by atoms with Gasteiger partial charge in [-0.3, -0.25) is 14.4 Å². The molecule has 1 aliphatic carbocycles. The maximum Gasteiger partial charge on any atom is 0.235 e. The summed E-state index contributed by atoms with van der Waals surface area (Å²) in [5, 5.41) is 5.86. The average molecular weight is 363 g/mol. The Kier molecular flexibility index (Phi) is 6.45. The number of carbonyl (C=O) groups is 3. The van der Waals surface area contributed by atoms with Crippen LogP contribution in [-0.4, -0.2) is 30.3 Å². The quantitative estimate of drug-likeness (QED) is 0.606. The van der Waals surface area contributed by atoms with Crippen molar-refractivity contribution in [2.24, 2.45) is 17.1 Å². The van der Waals surface area contributed by atoms with Gasteiger partial charge in [-0.1, -0.05) is 0 Å². The van der Waals surface area contributed by atoms with E-state index in [1.54, 1.807) is 0 Å². The van der Waals surface area contributed by atoms with Crippen LogP contribution < -0.4 is 16.4 Å². The van der Waals surface area contributed by atoms with Gasteiger partial charge in [0.05, 0.1) is 0 Å². The predicted molar refractivity (Wildman–Crippen MR) is 97.0 cm³/mol. The molecule has 1 aliphatic rings. The van der Waals surface area contributed by atoms with Crippen LogP contribution in [0.5, 0.6) is 0 Å². The molecule has 2 rings (SSSR count). The largest absolute Gasteiger partial charge is 0.466 e. The van der Waals surface area contributed by atoms with E-state index in [2.05, 4.69) is 10.6 Å². The van der Waals surface area contributed by atoms with Crippen molar-refractivity contribution in [2.75, 3.05) is 6.54 Å². The zero-order chi connectivity index (χ0) is 19.3. The summed E-state index contributed by atoms with van der Waals surface area (Å²) >= 11 is 0. The number of furan rings is 1. The summed E-state index contributed by atoms with van der Waals surface area (Å²) in [6.07, 6.45) is 3.64. The second-order valence-electron chi connectivity index (χ2n) is 7.66. The lowest BCUT2D eigenvalue weighted by molar-refractivity contribution is -0.139. The first kappa shape index (κ1) is 20.0. The van der Waals surface area contributed by atoms with Gasteiger partial charge in [0, 0.05) is 25.4 Å². The maximum atomic E-state index is 12.1. The van der Waals surface area contributed by atoms with E-state index in [1.807, 2.05) is 19.1 Å². The Morgan fingerprint density at radius 3 is 2.62 bits per heavy atom.